The second-order valence-corrected chi connectivity index (χ2v) is 9.32. The highest BCUT2D eigenvalue weighted by molar-refractivity contribution is 5.81. The number of carbonyl (C=O) groups excluding carboxylic acids is 1. The molecule has 0 radical (unpaired) electrons. The monoisotopic (exact) mass is 407 g/mol. The number of rotatable bonds is 5. The lowest BCUT2D eigenvalue weighted by molar-refractivity contribution is -0.129. The van der Waals surface area contributed by atoms with Crippen LogP contribution in [0.3, 0.4) is 0 Å². The van der Waals surface area contributed by atoms with E-state index < -0.39 is 6.10 Å². The zero-order valence-electron chi connectivity index (χ0n) is 18.6. The molecular weight excluding hydrogens is 374 g/mol. The molecule has 1 N–H and O–H groups in total. The summed E-state index contributed by atoms with van der Waals surface area (Å²) in [5, 5.41) is 3.25. The Bertz CT molecular complexity index is 934. The van der Waals surface area contributed by atoms with Gasteiger partial charge in [-0.15, -0.1) is 0 Å². The summed E-state index contributed by atoms with van der Waals surface area (Å²) in [5.41, 5.74) is 4.66. The molecule has 0 fully saturated rings. The minimum Gasteiger partial charge on any atom is -0.487 e. The first-order valence-corrected chi connectivity index (χ1v) is 11.2. The Kier molecular flexibility index (Phi) is 5.77. The topological polar surface area (TPSA) is 47.6 Å². The Morgan fingerprint density at radius 2 is 1.93 bits per heavy atom. The molecule has 2 atom stereocenters. The van der Waals surface area contributed by atoms with Crippen molar-refractivity contribution in [3.05, 3.63) is 58.7 Å². The van der Waals surface area contributed by atoms with Crippen LogP contribution in [-0.2, 0) is 17.6 Å². The highest BCUT2D eigenvalue weighted by Gasteiger charge is 2.35. The first-order valence-electron chi connectivity index (χ1n) is 11.2. The van der Waals surface area contributed by atoms with Crippen LogP contribution in [0.25, 0.3) is 0 Å². The van der Waals surface area contributed by atoms with Gasteiger partial charge >= 0.3 is 0 Å². The number of hydrogen-bond donors (Lipinski definition) is 1. The molecule has 2 aliphatic rings. The van der Waals surface area contributed by atoms with Gasteiger partial charge in [0.15, 0.2) is 6.10 Å². The Labute approximate surface area is 180 Å². The van der Waals surface area contributed by atoms with Crippen molar-refractivity contribution in [3.63, 3.8) is 0 Å². The van der Waals surface area contributed by atoms with Crippen molar-refractivity contribution in [1.29, 1.82) is 0 Å². The summed E-state index contributed by atoms with van der Waals surface area (Å²) in [6.45, 7) is 8.19. The van der Waals surface area contributed by atoms with Crippen LogP contribution in [0.1, 0.15) is 74.8 Å². The maximum absolute atomic E-state index is 13.2. The quantitative estimate of drug-likeness (QED) is 0.717. The molecule has 30 heavy (non-hydrogen) atoms. The molecule has 1 aliphatic heterocycles. The summed E-state index contributed by atoms with van der Waals surface area (Å²) >= 11 is 0. The first kappa shape index (κ1) is 20.8. The predicted molar refractivity (Wildman–Crippen MR) is 119 cm³/mol. The number of nitrogens with one attached hydrogen (secondary N) is 1. The van der Waals surface area contributed by atoms with Gasteiger partial charge in [0.05, 0.1) is 6.04 Å². The fourth-order valence-corrected chi connectivity index (χ4v) is 4.64. The minimum atomic E-state index is -0.508. The second-order valence-electron chi connectivity index (χ2n) is 9.32. The number of amides is 1. The molecule has 1 amide bonds. The van der Waals surface area contributed by atoms with Crippen molar-refractivity contribution < 1.29 is 14.3 Å². The third-order valence-corrected chi connectivity index (χ3v) is 6.20. The summed E-state index contributed by atoms with van der Waals surface area (Å²) in [7, 11) is 0. The molecule has 0 saturated heterocycles. The smallest absolute Gasteiger partial charge is 0.261 e. The van der Waals surface area contributed by atoms with E-state index in [1.54, 1.807) is 0 Å². The van der Waals surface area contributed by atoms with Crippen molar-refractivity contribution >= 4 is 5.91 Å². The van der Waals surface area contributed by atoms with Gasteiger partial charge in [-0.1, -0.05) is 30.7 Å². The predicted octanol–water partition coefficient (Wildman–Crippen LogP) is 5.45. The van der Waals surface area contributed by atoms with Crippen LogP contribution in [0.5, 0.6) is 11.5 Å². The van der Waals surface area contributed by atoms with Gasteiger partial charge in [-0.3, -0.25) is 4.79 Å². The summed E-state index contributed by atoms with van der Waals surface area (Å²) in [4.78, 5) is 13.2. The second kappa shape index (κ2) is 8.33. The number of fused-ring (bicyclic) bond motifs is 2. The zero-order chi connectivity index (χ0) is 21.3. The first-order chi connectivity index (χ1) is 14.3. The molecule has 0 saturated carbocycles. The standard InChI is InChI=1S/C26H33NO3/c1-5-23(29-20-12-11-18-8-6-7-9-19(18)15-20)25(28)27-22-16-26(3,4)30-24-13-10-17(2)14-21(22)24/h10-15,22-23H,5-9,16H2,1-4H3,(H,27,28)/t22-,23-/m0/s1. The average Bonchev–Trinajstić information content (AvgIpc) is 2.71. The number of benzene rings is 2. The molecule has 4 heteroatoms. The van der Waals surface area contributed by atoms with Gasteiger partial charge in [-0.25, -0.2) is 0 Å². The van der Waals surface area contributed by atoms with E-state index in [4.69, 9.17) is 9.47 Å². The normalized spacial score (nSPS) is 20.3. The summed E-state index contributed by atoms with van der Waals surface area (Å²) < 4.78 is 12.3. The Balaban J connectivity index is 1.50. The van der Waals surface area contributed by atoms with E-state index in [0.717, 1.165) is 41.9 Å². The fraction of sp³-hybridized carbons (Fsp3) is 0.500. The minimum absolute atomic E-state index is 0.0645. The maximum atomic E-state index is 13.2. The SMILES string of the molecule is CC[C@H](Oc1ccc2c(c1)CCCC2)C(=O)N[C@H]1CC(C)(C)Oc2ccc(C)cc21. The van der Waals surface area contributed by atoms with Crippen molar-refractivity contribution in [1.82, 2.24) is 5.32 Å². The molecular formula is C26H33NO3. The van der Waals surface area contributed by atoms with Crippen LogP contribution in [0, 0.1) is 6.92 Å². The Morgan fingerprint density at radius 3 is 2.70 bits per heavy atom. The van der Waals surface area contributed by atoms with Gasteiger partial charge in [0.25, 0.3) is 5.91 Å². The van der Waals surface area contributed by atoms with Gasteiger partial charge in [-0.2, -0.15) is 0 Å². The molecule has 4 nitrogen and oxygen atoms in total. The van der Waals surface area contributed by atoms with Crippen LogP contribution in [0.15, 0.2) is 36.4 Å². The Morgan fingerprint density at radius 1 is 1.17 bits per heavy atom. The molecule has 2 aromatic rings. The van der Waals surface area contributed by atoms with Crippen LogP contribution < -0.4 is 14.8 Å². The van der Waals surface area contributed by atoms with Crippen molar-refractivity contribution in [2.24, 2.45) is 0 Å². The van der Waals surface area contributed by atoms with Crippen LogP contribution in [0.4, 0.5) is 0 Å². The number of ether oxygens (including phenoxy) is 2. The zero-order valence-corrected chi connectivity index (χ0v) is 18.6. The molecule has 1 heterocycles. The fourth-order valence-electron chi connectivity index (χ4n) is 4.64. The number of aryl methyl sites for hydroxylation is 3. The number of carbonyl (C=O) groups is 1. The van der Waals surface area contributed by atoms with Crippen molar-refractivity contribution in [2.45, 2.75) is 84.0 Å². The van der Waals surface area contributed by atoms with Crippen LogP contribution >= 0.6 is 0 Å². The lowest BCUT2D eigenvalue weighted by Crippen LogP contribution is -2.45. The highest BCUT2D eigenvalue weighted by Crippen LogP contribution is 2.40. The molecule has 4 rings (SSSR count). The Hall–Kier alpha value is -2.49. The van der Waals surface area contributed by atoms with Crippen molar-refractivity contribution in [2.75, 3.05) is 0 Å². The molecule has 0 unspecified atom stereocenters. The van der Waals surface area contributed by atoms with Crippen LogP contribution in [0.2, 0.25) is 0 Å². The van der Waals surface area contributed by atoms with E-state index in [1.807, 2.05) is 25.1 Å². The van der Waals surface area contributed by atoms with Gasteiger partial charge in [0.1, 0.15) is 17.1 Å². The van der Waals surface area contributed by atoms with Crippen molar-refractivity contribution in [3.8, 4) is 11.5 Å². The summed E-state index contributed by atoms with van der Waals surface area (Å²) in [6.07, 6.45) is 5.57. The maximum Gasteiger partial charge on any atom is 0.261 e. The molecule has 2 aromatic carbocycles. The van der Waals surface area contributed by atoms with E-state index in [1.165, 1.54) is 24.0 Å². The van der Waals surface area contributed by atoms with Crippen LogP contribution in [-0.4, -0.2) is 17.6 Å². The lowest BCUT2D eigenvalue weighted by Gasteiger charge is -2.38. The average molecular weight is 408 g/mol. The van der Waals surface area contributed by atoms with Gasteiger partial charge in [0.2, 0.25) is 0 Å². The number of hydrogen-bond acceptors (Lipinski definition) is 3. The largest absolute Gasteiger partial charge is 0.487 e. The molecule has 0 bridgehead atoms. The van der Waals surface area contributed by atoms with E-state index in [9.17, 15) is 4.79 Å². The third kappa shape index (κ3) is 4.48. The van der Waals surface area contributed by atoms with Gasteiger partial charge in [-0.05, 0) is 82.2 Å². The van der Waals surface area contributed by atoms with E-state index >= 15 is 0 Å². The lowest BCUT2D eigenvalue weighted by atomic mass is 9.88. The van der Waals surface area contributed by atoms with Gasteiger partial charge < -0.3 is 14.8 Å². The molecule has 1 aliphatic carbocycles. The van der Waals surface area contributed by atoms with E-state index in [0.29, 0.717) is 6.42 Å². The summed E-state index contributed by atoms with van der Waals surface area (Å²) in [6, 6.07) is 12.4. The van der Waals surface area contributed by atoms with E-state index in [-0.39, 0.29) is 17.6 Å². The molecule has 160 valence electrons. The highest BCUT2D eigenvalue weighted by atomic mass is 16.5. The van der Waals surface area contributed by atoms with Gasteiger partial charge in [0, 0.05) is 12.0 Å². The summed E-state index contributed by atoms with van der Waals surface area (Å²) in [5.74, 6) is 1.58. The molecule has 0 spiro atoms. The molecule has 0 aromatic heterocycles. The van der Waals surface area contributed by atoms with E-state index in [2.05, 4.69) is 44.3 Å². The third-order valence-electron chi connectivity index (χ3n) is 6.20.